The summed E-state index contributed by atoms with van der Waals surface area (Å²) in [5, 5.41) is 2.27. The molecule has 0 aliphatic rings. The van der Waals surface area contributed by atoms with E-state index in [1.165, 1.54) is 13.1 Å². The van der Waals surface area contributed by atoms with Crippen molar-refractivity contribution in [3.05, 3.63) is 81.9 Å². The minimum absolute atomic E-state index is 0.0170. The molecule has 0 heterocycles. The van der Waals surface area contributed by atoms with Gasteiger partial charge in [-0.2, -0.15) is 31.3 Å². The third-order valence-electron chi connectivity index (χ3n) is 4.65. The Hall–Kier alpha value is -4.60. The summed E-state index contributed by atoms with van der Waals surface area (Å²) in [7, 11) is 1.34. The fourth-order valence-electron chi connectivity index (χ4n) is 2.96. The van der Waals surface area contributed by atoms with E-state index >= 15 is 0 Å². The summed E-state index contributed by atoms with van der Waals surface area (Å²) in [5.41, 5.74) is 6.03. The molecule has 2 aromatic carbocycles. The number of hydrogen-bond donors (Lipinski definition) is 3. The molecule has 0 spiro atoms. The molecule has 2 aromatic rings. The number of allylic oxidation sites excluding steroid dienone is 1. The SMILES string of the molecule is CC/C=C\C(=NC)NC(=O)c1cc(C#Cc2cc(C(=O)N=C(N)N)cc(C(F)(F)F)c2)ccc1C(F)(F)F. The highest BCUT2D eigenvalue weighted by molar-refractivity contribution is 6.11. The zero-order chi connectivity index (χ0) is 28.7. The number of amidine groups is 1. The van der Waals surface area contributed by atoms with Crippen molar-refractivity contribution in [2.75, 3.05) is 7.05 Å². The maximum absolute atomic E-state index is 13.6. The second-order valence-corrected chi connectivity index (χ2v) is 7.52. The van der Waals surface area contributed by atoms with Gasteiger partial charge in [0, 0.05) is 23.7 Å². The van der Waals surface area contributed by atoms with Gasteiger partial charge in [0.2, 0.25) is 0 Å². The Labute approximate surface area is 213 Å². The maximum atomic E-state index is 13.6. The third kappa shape index (κ3) is 8.22. The van der Waals surface area contributed by atoms with Crippen molar-refractivity contribution in [1.29, 1.82) is 0 Å². The predicted molar refractivity (Wildman–Crippen MR) is 129 cm³/mol. The first kappa shape index (κ1) is 29.6. The first-order valence-electron chi connectivity index (χ1n) is 10.7. The zero-order valence-electron chi connectivity index (χ0n) is 20.0. The summed E-state index contributed by atoms with van der Waals surface area (Å²) in [5.74, 6) is 1.86. The van der Waals surface area contributed by atoms with Crippen LogP contribution in [0, 0.1) is 11.8 Å². The van der Waals surface area contributed by atoms with E-state index in [9.17, 15) is 35.9 Å². The number of nitrogens with zero attached hydrogens (tertiary/aromatic N) is 2. The average molecular weight is 537 g/mol. The lowest BCUT2D eigenvalue weighted by molar-refractivity contribution is -0.138. The number of aliphatic imine (C=N–C) groups is 2. The van der Waals surface area contributed by atoms with Crippen molar-refractivity contribution in [3.63, 3.8) is 0 Å². The highest BCUT2D eigenvalue weighted by atomic mass is 19.4. The molecule has 0 fully saturated rings. The van der Waals surface area contributed by atoms with Crippen LogP contribution < -0.4 is 16.8 Å². The van der Waals surface area contributed by atoms with E-state index in [-0.39, 0.29) is 17.0 Å². The molecule has 200 valence electrons. The number of nitrogens with one attached hydrogen (secondary N) is 1. The Bertz CT molecular complexity index is 1380. The fourth-order valence-corrected chi connectivity index (χ4v) is 2.96. The predicted octanol–water partition coefficient (Wildman–Crippen LogP) is 4.26. The highest BCUT2D eigenvalue weighted by Crippen LogP contribution is 2.33. The highest BCUT2D eigenvalue weighted by Gasteiger charge is 2.35. The normalized spacial score (nSPS) is 12.1. The summed E-state index contributed by atoms with van der Waals surface area (Å²) >= 11 is 0. The largest absolute Gasteiger partial charge is 0.417 e. The summed E-state index contributed by atoms with van der Waals surface area (Å²) in [6.45, 7) is 1.81. The van der Waals surface area contributed by atoms with Crippen molar-refractivity contribution in [3.8, 4) is 11.8 Å². The second-order valence-electron chi connectivity index (χ2n) is 7.52. The molecule has 0 saturated heterocycles. The molecule has 0 aliphatic carbocycles. The lowest BCUT2D eigenvalue weighted by Gasteiger charge is -2.13. The molecular weight excluding hydrogens is 516 g/mol. The standard InChI is InChI=1S/C25H21F6N5O2/c1-3-4-5-20(34-2)35-22(38)18-12-14(8-9-19(18)25(29,30)31)6-7-15-10-16(21(37)36-23(32)33)13-17(11-15)24(26,27)28/h4-5,8-13H,3H2,1-2H3,(H,34,35,38)(H4,32,33,36,37)/b5-4-. The summed E-state index contributed by atoms with van der Waals surface area (Å²) < 4.78 is 80.7. The first-order chi connectivity index (χ1) is 17.6. The van der Waals surface area contributed by atoms with Crippen molar-refractivity contribution in [1.82, 2.24) is 5.32 Å². The summed E-state index contributed by atoms with van der Waals surface area (Å²) in [6.07, 6.45) is -6.10. The monoisotopic (exact) mass is 537 g/mol. The number of hydrogen-bond acceptors (Lipinski definition) is 3. The second kappa shape index (κ2) is 12.1. The lowest BCUT2D eigenvalue weighted by Crippen LogP contribution is -2.31. The Kier molecular flexibility index (Phi) is 9.43. The number of benzene rings is 2. The van der Waals surface area contributed by atoms with Crippen molar-refractivity contribution >= 4 is 23.6 Å². The van der Waals surface area contributed by atoms with E-state index in [1.807, 2.05) is 0 Å². The number of amides is 2. The van der Waals surface area contributed by atoms with Gasteiger partial charge in [0.05, 0.1) is 16.7 Å². The average Bonchev–Trinajstić information content (AvgIpc) is 2.83. The van der Waals surface area contributed by atoms with Crippen molar-refractivity contribution < 1.29 is 35.9 Å². The van der Waals surface area contributed by atoms with Gasteiger partial charge in [-0.25, -0.2) is 0 Å². The van der Waals surface area contributed by atoms with Crippen LogP contribution in [0.5, 0.6) is 0 Å². The maximum Gasteiger partial charge on any atom is 0.417 e. The van der Waals surface area contributed by atoms with Crippen LogP contribution in [0.2, 0.25) is 0 Å². The molecule has 13 heteroatoms. The molecule has 2 rings (SSSR count). The molecule has 0 aliphatic heterocycles. The number of alkyl halides is 6. The van der Waals surface area contributed by atoms with Crippen molar-refractivity contribution in [2.45, 2.75) is 25.7 Å². The minimum atomic E-state index is -4.89. The number of guanidine groups is 1. The number of rotatable bonds is 4. The van der Waals surface area contributed by atoms with Crippen LogP contribution in [0.15, 0.2) is 58.5 Å². The van der Waals surface area contributed by atoms with Gasteiger partial charge in [-0.3, -0.25) is 14.6 Å². The number of halogens is 6. The van der Waals surface area contributed by atoms with E-state index < -0.39 is 52.4 Å². The van der Waals surface area contributed by atoms with E-state index in [0.717, 1.165) is 18.2 Å². The van der Waals surface area contributed by atoms with Crippen LogP contribution in [-0.4, -0.2) is 30.7 Å². The molecular formula is C25H21F6N5O2. The number of carbonyl (C=O) groups is 2. The van der Waals surface area contributed by atoms with Gasteiger partial charge in [-0.05, 0) is 48.9 Å². The summed E-state index contributed by atoms with van der Waals surface area (Å²) in [4.78, 5) is 31.7. The molecule has 0 saturated carbocycles. The molecule has 2 amide bonds. The summed E-state index contributed by atoms with van der Waals surface area (Å²) in [6, 6.07) is 4.59. The van der Waals surface area contributed by atoms with Crippen LogP contribution in [0.4, 0.5) is 26.3 Å². The van der Waals surface area contributed by atoms with Gasteiger partial charge in [0.15, 0.2) is 5.96 Å². The Morgan fingerprint density at radius 1 is 0.974 bits per heavy atom. The third-order valence-corrected chi connectivity index (χ3v) is 4.65. The van der Waals surface area contributed by atoms with Gasteiger partial charge in [0.25, 0.3) is 11.8 Å². The Morgan fingerprint density at radius 3 is 2.18 bits per heavy atom. The van der Waals surface area contributed by atoms with E-state index in [1.54, 1.807) is 13.0 Å². The molecule has 0 bridgehead atoms. The van der Waals surface area contributed by atoms with Crippen LogP contribution in [-0.2, 0) is 12.4 Å². The molecule has 0 radical (unpaired) electrons. The minimum Gasteiger partial charge on any atom is -0.370 e. The fraction of sp³-hybridized carbons (Fsp3) is 0.200. The van der Waals surface area contributed by atoms with Crippen LogP contribution in [0.25, 0.3) is 0 Å². The topological polar surface area (TPSA) is 123 Å². The van der Waals surface area contributed by atoms with E-state index in [2.05, 4.69) is 27.1 Å². The van der Waals surface area contributed by atoms with Crippen molar-refractivity contribution in [2.24, 2.45) is 21.5 Å². The van der Waals surface area contributed by atoms with Gasteiger partial charge in [-0.1, -0.05) is 24.8 Å². The smallest absolute Gasteiger partial charge is 0.370 e. The van der Waals surface area contributed by atoms with Gasteiger partial charge >= 0.3 is 12.4 Å². The van der Waals surface area contributed by atoms with Crippen LogP contribution >= 0.6 is 0 Å². The molecule has 0 unspecified atom stereocenters. The zero-order valence-corrected chi connectivity index (χ0v) is 20.0. The van der Waals surface area contributed by atoms with E-state index in [0.29, 0.717) is 24.6 Å². The molecule has 5 N–H and O–H groups in total. The number of carbonyl (C=O) groups excluding carboxylic acids is 2. The molecule has 7 nitrogen and oxygen atoms in total. The molecule has 0 atom stereocenters. The quantitative estimate of drug-likeness (QED) is 0.233. The van der Waals surface area contributed by atoms with Gasteiger partial charge < -0.3 is 16.8 Å². The molecule has 0 aromatic heterocycles. The van der Waals surface area contributed by atoms with Crippen LogP contribution in [0.3, 0.4) is 0 Å². The van der Waals surface area contributed by atoms with E-state index in [4.69, 9.17) is 11.5 Å². The van der Waals surface area contributed by atoms with Gasteiger partial charge in [0.1, 0.15) is 5.84 Å². The number of nitrogens with two attached hydrogens (primary N) is 2. The van der Waals surface area contributed by atoms with Crippen LogP contribution in [0.1, 0.15) is 56.3 Å². The Balaban J connectivity index is 2.58. The first-order valence-corrected chi connectivity index (χ1v) is 10.7. The Morgan fingerprint density at radius 2 is 1.63 bits per heavy atom. The van der Waals surface area contributed by atoms with Gasteiger partial charge in [-0.15, -0.1) is 0 Å². The lowest BCUT2D eigenvalue weighted by atomic mass is 10.0. The molecule has 38 heavy (non-hydrogen) atoms.